The number of piperazine rings is 1. The number of hydrogen-bond acceptors (Lipinski definition) is 7. The van der Waals surface area contributed by atoms with Crippen LogP contribution in [-0.4, -0.2) is 58.6 Å². The highest BCUT2D eigenvalue weighted by Crippen LogP contribution is 2.34. The zero-order valence-corrected chi connectivity index (χ0v) is 22.1. The molecule has 4 N–H and O–H groups in total. The van der Waals surface area contributed by atoms with E-state index in [1.54, 1.807) is 12.4 Å². The number of anilines is 3. The molecule has 0 spiro atoms. The highest BCUT2D eigenvalue weighted by molar-refractivity contribution is 5.94. The first-order chi connectivity index (χ1) is 18.4. The van der Waals surface area contributed by atoms with Gasteiger partial charge in [-0.3, -0.25) is 14.8 Å². The maximum absolute atomic E-state index is 12.2. The van der Waals surface area contributed by atoms with Crippen LogP contribution in [0.25, 0.3) is 27.7 Å². The maximum Gasteiger partial charge on any atom is 0.226 e. The number of aromatic nitrogens is 4. The third-order valence-corrected chi connectivity index (χ3v) is 6.69. The molecule has 1 aromatic carbocycles. The summed E-state index contributed by atoms with van der Waals surface area (Å²) < 4.78 is 0. The number of hydrogen-bond donors (Lipinski definition) is 4. The van der Waals surface area contributed by atoms with Crippen molar-refractivity contribution in [3.8, 4) is 11.1 Å². The average Bonchev–Trinajstić information content (AvgIpc) is 3.38. The van der Waals surface area contributed by atoms with Gasteiger partial charge in [-0.25, -0.2) is 4.98 Å². The number of fused-ring (bicyclic) bond motifs is 1. The van der Waals surface area contributed by atoms with Gasteiger partial charge in [0.2, 0.25) is 5.91 Å². The van der Waals surface area contributed by atoms with Crippen LogP contribution in [0.5, 0.6) is 0 Å². The number of carbonyl (C=O) groups is 1. The Morgan fingerprint density at radius 1 is 1.08 bits per heavy atom. The normalized spacial score (nSPS) is 13.6. The van der Waals surface area contributed by atoms with Crippen LogP contribution in [0.4, 0.5) is 17.1 Å². The highest BCUT2D eigenvalue weighted by Gasteiger charge is 2.19. The quantitative estimate of drug-likeness (QED) is 0.276. The fraction of sp³-hybridized carbons (Fsp3) is 0.310. The first kappa shape index (κ1) is 25.4. The minimum Gasteiger partial charge on any atom is -0.385 e. The molecule has 1 amide bonds. The molecule has 1 fully saturated rings. The minimum absolute atomic E-state index is 0.0416. The Bertz CT molecular complexity index is 1470. The van der Waals surface area contributed by atoms with Gasteiger partial charge in [0.15, 0.2) is 0 Å². The van der Waals surface area contributed by atoms with E-state index in [0.29, 0.717) is 11.5 Å². The second kappa shape index (κ2) is 11.0. The van der Waals surface area contributed by atoms with E-state index in [1.165, 1.54) is 0 Å². The molecule has 0 aliphatic carbocycles. The van der Waals surface area contributed by atoms with Crippen molar-refractivity contribution in [1.29, 1.82) is 0 Å². The summed E-state index contributed by atoms with van der Waals surface area (Å²) in [5.41, 5.74) is 8.05. The number of benzene rings is 1. The maximum atomic E-state index is 12.2. The number of rotatable bonds is 8. The van der Waals surface area contributed by atoms with E-state index in [1.807, 2.05) is 38.4 Å². The third kappa shape index (κ3) is 5.24. The first-order valence-corrected chi connectivity index (χ1v) is 13.1. The number of nitrogens with one attached hydrogen (secondary N) is 4. The van der Waals surface area contributed by atoms with E-state index >= 15 is 0 Å². The van der Waals surface area contributed by atoms with Crippen LogP contribution in [0.3, 0.4) is 0 Å². The number of nitrogens with zero attached hydrogens (tertiary/aromatic N) is 4. The van der Waals surface area contributed by atoms with E-state index in [2.05, 4.69) is 61.4 Å². The molecule has 1 aliphatic heterocycles. The number of imidazole rings is 1. The molecule has 196 valence electrons. The minimum atomic E-state index is -0.112. The van der Waals surface area contributed by atoms with Crippen molar-refractivity contribution >= 4 is 39.6 Å². The van der Waals surface area contributed by atoms with Crippen molar-refractivity contribution in [2.75, 3.05) is 48.3 Å². The van der Waals surface area contributed by atoms with Crippen LogP contribution in [0.15, 0.2) is 55.6 Å². The summed E-state index contributed by atoms with van der Waals surface area (Å²) in [6.07, 6.45) is 7.17. The van der Waals surface area contributed by atoms with Crippen LogP contribution in [-0.2, 0) is 4.79 Å². The Balaban J connectivity index is 1.51. The van der Waals surface area contributed by atoms with Gasteiger partial charge in [-0.15, -0.1) is 0 Å². The van der Waals surface area contributed by atoms with Crippen molar-refractivity contribution in [3.63, 3.8) is 0 Å². The van der Waals surface area contributed by atoms with Crippen LogP contribution >= 0.6 is 0 Å². The van der Waals surface area contributed by atoms with Gasteiger partial charge >= 0.3 is 0 Å². The Morgan fingerprint density at radius 2 is 1.87 bits per heavy atom. The molecule has 4 aromatic rings. The molecule has 1 saturated heterocycles. The molecule has 3 aromatic heterocycles. The summed E-state index contributed by atoms with van der Waals surface area (Å²) >= 11 is 0. The SMILES string of the molecule is C=C(c1nc2c(N3CCNCC3)cncc2[nH]1)c1cc(-c2cncc(NC(=O)C(C)C)c2)ccc1NCC. The van der Waals surface area contributed by atoms with Gasteiger partial charge in [-0.2, -0.15) is 0 Å². The van der Waals surface area contributed by atoms with E-state index in [-0.39, 0.29) is 11.8 Å². The van der Waals surface area contributed by atoms with Crippen LogP contribution in [0.1, 0.15) is 32.2 Å². The lowest BCUT2D eigenvalue weighted by molar-refractivity contribution is -0.118. The van der Waals surface area contributed by atoms with Gasteiger partial charge in [0.25, 0.3) is 0 Å². The summed E-state index contributed by atoms with van der Waals surface area (Å²) in [4.78, 5) is 31.8. The van der Waals surface area contributed by atoms with E-state index in [9.17, 15) is 4.79 Å². The van der Waals surface area contributed by atoms with Gasteiger partial charge in [-0.05, 0) is 30.7 Å². The van der Waals surface area contributed by atoms with E-state index < -0.39 is 0 Å². The molecule has 9 nitrogen and oxygen atoms in total. The summed E-state index contributed by atoms with van der Waals surface area (Å²) in [6.45, 7) is 14.7. The number of H-pyrrole nitrogens is 1. The number of pyridine rings is 2. The number of carbonyl (C=O) groups excluding carboxylic acids is 1. The standard InChI is InChI=1S/C29H34N8O/c1-5-33-24-7-6-20(21-12-22(15-31-14-21)34-29(38)18(2)3)13-23(24)19(4)28-35-25-16-32-17-26(27(25)36-28)37-10-8-30-9-11-37/h6-7,12-18,30,33H,4-5,8-11H2,1-3H3,(H,34,38)(H,35,36). The Kier molecular flexibility index (Phi) is 7.37. The van der Waals surface area contributed by atoms with Gasteiger partial charge in [0.05, 0.1) is 35.5 Å². The average molecular weight is 511 g/mol. The largest absolute Gasteiger partial charge is 0.385 e. The first-order valence-electron chi connectivity index (χ1n) is 13.1. The molecule has 5 rings (SSSR count). The topological polar surface area (TPSA) is 111 Å². The predicted molar refractivity (Wildman–Crippen MR) is 154 cm³/mol. The molecule has 0 bridgehead atoms. The lowest BCUT2D eigenvalue weighted by Gasteiger charge is -2.29. The van der Waals surface area contributed by atoms with E-state index in [0.717, 1.165) is 77.4 Å². The molecule has 0 unspecified atom stereocenters. The molecule has 0 saturated carbocycles. The molecule has 9 heteroatoms. The third-order valence-electron chi connectivity index (χ3n) is 6.69. The van der Waals surface area contributed by atoms with Crippen molar-refractivity contribution in [3.05, 3.63) is 67.0 Å². The zero-order valence-electron chi connectivity index (χ0n) is 22.1. The molecule has 38 heavy (non-hydrogen) atoms. The summed E-state index contributed by atoms with van der Waals surface area (Å²) in [5, 5.41) is 9.78. The van der Waals surface area contributed by atoms with Gasteiger partial charge in [0.1, 0.15) is 11.3 Å². The second-order valence-corrected chi connectivity index (χ2v) is 9.75. The number of amides is 1. The summed E-state index contributed by atoms with van der Waals surface area (Å²) in [7, 11) is 0. The number of aromatic amines is 1. The van der Waals surface area contributed by atoms with Crippen molar-refractivity contribution in [2.24, 2.45) is 5.92 Å². The van der Waals surface area contributed by atoms with Gasteiger partial charge in [-0.1, -0.05) is 26.5 Å². The molecule has 4 heterocycles. The molecule has 0 atom stereocenters. The van der Waals surface area contributed by atoms with Crippen LogP contribution < -0.4 is 20.9 Å². The Hall–Kier alpha value is -4.24. The van der Waals surface area contributed by atoms with Crippen molar-refractivity contribution < 1.29 is 4.79 Å². The second-order valence-electron chi connectivity index (χ2n) is 9.75. The predicted octanol–water partition coefficient (Wildman–Crippen LogP) is 4.52. The van der Waals surface area contributed by atoms with E-state index in [4.69, 9.17) is 4.98 Å². The Morgan fingerprint density at radius 3 is 2.63 bits per heavy atom. The monoisotopic (exact) mass is 510 g/mol. The van der Waals surface area contributed by atoms with Gasteiger partial charge < -0.3 is 25.8 Å². The summed E-state index contributed by atoms with van der Waals surface area (Å²) in [6, 6.07) is 8.13. The fourth-order valence-electron chi connectivity index (χ4n) is 4.60. The zero-order chi connectivity index (χ0) is 26.6. The Labute approximate surface area is 222 Å². The van der Waals surface area contributed by atoms with Crippen molar-refractivity contribution in [1.82, 2.24) is 25.3 Å². The van der Waals surface area contributed by atoms with Crippen LogP contribution in [0, 0.1) is 5.92 Å². The smallest absolute Gasteiger partial charge is 0.226 e. The molecule has 1 aliphatic rings. The summed E-state index contributed by atoms with van der Waals surface area (Å²) in [5.74, 6) is 0.552. The lowest BCUT2D eigenvalue weighted by atomic mass is 9.98. The van der Waals surface area contributed by atoms with Crippen LogP contribution in [0.2, 0.25) is 0 Å². The molecular weight excluding hydrogens is 476 g/mol. The highest BCUT2D eigenvalue weighted by atomic mass is 16.1. The fourth-order valence-corrected chi connectivity index (χ4v) is 4.60. The molecular formula is C29H34N8O. The van der Waals surface area contributed by atoms with Gasteiger partial charge in [0, 0.05) is 67.2 Å². The molecule has 0 radical (unpaired) electrons. The lowest BCUT2D eigenvalue weighted by Crippen LogP contribution is -2.43. The van der Waals surface area contributed by atoms with Crippen molar-refractivity contribution in [2.45, 2.75) is 20.8 Å².